The van der Waals surface area contributed by atoms with E-state index in [-0.39, 0.29) is 25.0 Å². The van der Waals surface area contributed by atoms with E-state index in [4.69, 9.17) is 9.47 Å². The van der Waals surface area contributed by atoms with Gasteiger partial charge in [-0.25, -0.2) is 0 Å². The topological polar surface area (TPSA) is 72.9 Å². The van der Waals surface area contributed by atoms with E-state index in [1.807, 2.05) is 43.3 Å². The zero-order valence-corrected chi connectivity index (χ0v) is 18.1. The highest BCUT2D eigenvalue weighted by Gasteiger charge is 2.66. The lowest BCUT2D eigenvalue weighted by molar-refractivity contribution is -0.171. The SMILES string of the molecule is CCOC(=O)C1(C(=O)OCC)c2ccccc2C[C@@H]2CN(c3ccc(C)cc3)C(=O)[C@@H]21. The van der Waals surface area contributed by atoms with Crippen LogP contribution in [0.25, 0.3) is 0 Å². The van der Waals surface area contributed by atoms with Crippen molar-refractivity contribution in [3.05, 3.63) is 65.2 Å². The maximum Gasteiger partial charge on any atom is 0.328 e. The number of aryl methyl sites for hydroxylation is 1. The lowest BCUT2D eigenvalue weighted by Gasteiger charge is -2.40. The molecular formula is C25H27NO5. The Morgan fingerprint density at radius 1 is 1.00 bits per heavy atom. The Kier molecular flexibility index (Phi) is 5.56. The Labute approximate surface area is 182 Å². The van der Waals surface area contributed by atoms with Crippen LogP contribution in [0.15, 0.2) is 48.5 Å². The molecule has 0 bridgehead atoms. The van der Waals surface area contributed by atoms with E-state index in [1.54, 1.807) is 30.9 Å². The van der Waals surface area contributed by atoms with Gasteiger partial charge in [-0.2, -0.15) is 0 Å². The van der Waals surface area contributed by atoms with Crippen molar-refractivity contribution in [2.45, 2.75) is 32.6 Å². The van der Waals surface area contributed by atoms with Crippen LogP contribution in [-0.2, 0) is 35.7 Å². The summed E-state index contributed by atoms with van der Waals surface area (Å²) >= 11 is 0. The van der Waals surface area contributed by atoms with Gasteiger partial charge in [0.25, 0.3) is 0 Å². The van der Waals surface area contributed by atoms with Gasteiger partial charge < -0.3 is 14.4 Å². The Balaban J connectivity index is 1.90. The van der Waals surface area contributed by atoms with E-state index in [2.05, 4.69) is 0 Å². The fourth-order valence-corrected chi connectivity index (χ4v) is 5.06. The normalized spacial score (nSPS) is 21.3. The number of benzene rings is 2. The zero-order valence-electron chi connectivity index (χ0n) is 18.1. The van der Waals surface area contributed by atoms with Crippen LogP contribution < -0.4 is 4.90 Å². The van der Waals surface area contributed by atoms with Crippen molar-refractivity contribution in [2.75, 3.05) is 24.7 Å². The van der Waals surface area contributed by atoms with Gasteiger partial charge in [-0.15, -0.1) is 0 Å². The summed E-state index contributed by atoms with van der Waals surface area (Å²) in [6.07, 6.45) is 0.607. The molecule has 1 saturated heterocycles. The second-order valence-corrected chi connectivity index (χ2v) is 8.13. The Bertz CT molecular complexity index is 995. The molecule has 31 heavy (non-hydrogen) atoms. The molecule has 2 aromatic rings. The van der Waals surface area contributed by atoms with Crippen molar-refractivity contribution in [1.29, 1.82) is 0 Å². The number of hydrogen-bond acceptors (Lipinski definition) is 5. The maximum absolute atomic E-state index is 13.8. The molecule has 0 unspecified atom stereocenters. The van der Waals surface area contributed by atoms with Crippen molar-refractivity contribution < 1.29 is 23.9 Å². The molecule has 1 heterocycles. The highest BCUT2D eigenvalue weighted by atomic mass is 16.6. The van der Waals surface area contributed by atoms with Gasteiger partial charge in [-0.1, -0.05) is 42.0 Å². The number of ether oxygens (including phenoxy) is 2. The van der Waals surface area contributed by atoms with E-state index in [0.29, 0.717) is 18.5 Å². The number of amides is 1. The Morgan fingerprint density at radius 2 is 1.61 bits per heavy atom. The van der Waals surface area contributed by atoms with Crippen LogP contribution in [0.1, 0.15) is 30.5 Å². The molecule has 0 N–H and O–H groups in total. The predicted octanol–water partition coefficient (Wildman–Crippen LogP) is 3.19. The van der Waals surface area contributed by atoms with E-state index in [9.17, 15) is 14.4 Å². The van der Waals surface area contributed by atoms with Gasteiger partial charge in [-0.05, 0) is 56.4 Å². The number of esters is 2. The fraction of sp³-hybridized carbons (Fsp3) is 0.400. The molecule has 4 rings (SSSR count). The number of carbonyl (C=O) groups excluding carboxylic acids is 3. The van der Waals surface area contributed by atoms with Gasteiger partial charge in [0.05, 0.1) is 19.1 Å². The summed E-state index contributed by atoms with van der Waals surface area (Å²) < 4.78 is 10.8. The first kappa shape index (κ1) is 21.1. The number of rotatable bonds is 5. The molecule has 0 aromatic heterocycles. The maximum atomic E-state index is 13.8. The third kappa shape index (κ3) is 3.21. The number of anilines is 1. The highest BCUT2D eigenvalue weighted by Crippen LogP contribution is 2.51. The van der Waals surface area contributed by atoms with Crippen LogP contribution in [0.3, 0.4) is 0 Å². The zero-order chi connectivity index (χ0) is 22.2. The van der Waals surface area contributed by atoms with E-state index in [1.165, 1.54) is 0 Å². The van der Waals surface area contributed by atoms with Gasteiger partial charge in [0.1, 0.15) is 0 Å². The van der Waals surface area contributed by atoms with E-state index in [0.717, 1.165) is 16.8 Å². The fourth-order valence-electron chi connectivity index (χ4n) is 5.06. The predicted molar refractivity (Wildman–Crippen MR) is 116 cm³/mol. The summed E-state index contributed by atoms with van der Waals surface area (Å²) in [5.74, 6) is -2.76. The van der Waals surface area contributed by atoms with Crippen LogP contribution in [0, 0.1) is 18.8 Å². The van der Waals surface area contributed by atoms with Crippen LogP contribution >= 0.6 is 0 Å². The lowest BCUT2D eigenvalue weighted by Crippen LogP contribution is -2.58. The second-order valence-electron chi connectivity index (χ2n) is 8.13. The summed E-state index contributed by atoms with van der Waals surface area (Å²) in [4.78, 5) is 42.4. The average molecular weight is 421 g/mol. The van der Waals surface area contributed by atoms with Gasteiger partial charge in [0, 0.05) is 12.2 Å². The first-order valence-electron chi connectivity index (χ1n) is 10.8. The standard InChI is InChI=1S/C25H27NO5/c1-4-30-23(28)25(24(29)31-5-2)20-9-7-6-8-17(20)14-18-15-26(22(27)21(18)25)19-12-10-16(3)11-13-19/h6-13,18,21H,4-5,14-15H2,1-3H3/t18-,21-/m1/s1. The van der Waals surface area contributed by atoms with Crippen molar-refractivity contribution in [3.8, 4) is 0 Å². The van der Waals surface area contributed by atoms with Gasteiger partial charge in [0.2, 0.25) is 11.3 Å². The smallest absolute Gasteiger partial charge is 0.328 e. The molecule has 1 aliphatic heterocycles. The molecule has 1 fully saturated rings. The summed E-state index contributed by atoms with van der Waals surface area (Å²) in [5.41, 5.74) is 1.45. The monoisotopic (exact) mass is 421 g/mol. The molecule has 0 radical (unpaired) electrons. The van der Waals surface area contributed by atoms with Crippen molar-refractivity contribution in [2.24, 2.45) is 11.8 Å². The molecule has 2 aliphatic rings. The first-order valence-corrected chi connectivity index (χ1v) is 10.8. The number of nitrogens with zero attached hydrogens (tertiary/aromatic N) is 1. The third-order valence-electron chi connectivity index (χ3n) is 6.35. The summed E-state index contributed by atoms with van der Waals surface area (Å²) in [6.45, 7) is 6.01. The van der Waals surface area contributed by atoms with Crippen molar-refractivity contribution in [1.82, 2.24) is 0 Å². The molecule has 1 aliphatic carbocycles. The molecule has 6 nitrogen and oxygen atoms in total. The highest BCUT2D eigenvalue weighted by molar-refractivity contribution is 6.14. The van der Waals surface area contributed by atoms with E-state index >= 15 is 0 Å². The van der Waals surface area contributed by atoms with Crippen LogP contribution in [0.2, 0.25) is 0 Å². The minimum Gasteiger partial charge on any atom is -0.465 e. The molecule has 2 aromatic carbocycles. The Morgan fingerprint density at radius 3 is 2.23 bits per heavy atom. The van der Waals surface area contributed by atoms with Crippen molar-refractivity contribution >= 4 is 23.5 Å². The third-order valence-corrected chi connectivity index (χ3v) is 6.35. The van der Waals surface area contributed by atoms with Gasteiger partial charge in [0.15, 0.2) is 0 Å². The lowest BCUT2D eigenvalue weighted by atomic mass is 9.59. The number of hydrogen-bond donors (Lipinski definition) is 0. The quantitative estimate of drug-likeness (QED) is 0.548. The van der Waals surface area contributed by atoms with Crippen molar-refractivity contribution in [3.63, 3.8) is 0 Å². The average Bonchev–Trinajstić information content (AvgIpc) is 3.09. The van der Waals surface area contributed by atoms with Gasteiger partial charge in [-0.3, -0.25) is 14.4 Å². The minimum absolute atomic E-state index is 0.107. The molecular weight excluding hydrogens is 394 g/mol. The molecule has 0 spiro atoms. The first-order chi connectivity index (χ1) is 14.9. The molecule has 1 amide bonds. The summed E-state index contributed by atoms with van der Waals surface area (Å²) in [6, 6.07) is 15.0. The van der Waals surface area contributed by atoms with E-state index < -0.39 is 23.3 Å². The number of carbonyl (C=O) groups is 3. The largest absolute Gasteiger partial charge is 0.465 e. The van der Waals surface area contributed by atoms with Gasteiger partial charge >= 0.3 is 11.9 Å². The molecule has 162 valence electrons. The number of fused-ring (bicyclic) bond motifs is 2. The molecule has 2 atom stereocenters. The minimum atomic E-state index is -1.80. The summed E-state index contributed by atoms with van der Waals surface area (Å²) in [5, 5.41) is 0. The molecule has 0 saturated carbocycles. The Hall–Kier alpha value is -3.15. The summed E-state index contributed by atoms with van der Waals surface area (Å²) in [7, 11) is 0. The van der Waals surface area contributed by atoms with Crippen LogP contribution in [0.5, 0.6) is 0 Å². The van der Waals surface area contributed by atoms with Crippen LogP contribution in [0.4, 0.5) is 5.69 Å². The van der Waals surface area contributed by atoms with Crippen LogP contribution in [-0.4, -0.2) is 37.6 Å². The molecule has 6 heteroatoms. The second kappa shape index (κ2) is 8.17.